The van der Waals surface area contributed by atoms with Crippen LogP contribution in [0.1, 0.15) is 31.2 Å². The van der Waals surface area contributed by atoms with Crippen molar-refractivity contribution >= 4 is 10.8 Å². The van der Waals surface area contributed by atoms with Crippen molar-refractivity contribution < 1.29 is 8.60 Å². The topological polar surface area (TPSA) is 29.1 Å². The van der Waals surface area contributed by atoms with Gasteiger partial charge < -0.3 is 5.32 Å². The lowest BCUT2D eigenvalue weighted by molar-refractivity contribution is 0.276. The van der Waals surface area contributed by atoms with Gasteiger partial charge >= 0.3 is 0 Å². The molecule has 0 saturated heterocycles. The summed E-state index contributed by atoms with van der Waals surface area (Å²) >= 11 is 0. The van der Waals surface area contributed by atoms with E-state index in [1.54, 1.807) is 6.26 Å². The zero-order valence-corrected chi connectivity index (χ0v) is 11.7. The molecule has 1 N–H and O–H groups in total. The van der Waals surface area contributed by atoms with Crippen molar-refractivity contribution in [2.45, 2.75) is 37.8 Å². The van der Waals surface area contributed by atoms with Crippen molar-refractivity contribution in [3.63, 3.8) is 0 Å². The van der Waals surface area contributed by atoms with E-state index in [0.29, 0.717) is 23.8 Å². The molecule has 2 unspecified atom stereocenters. The van der Waals surface area contributed by atoms with Gasteiger partial charge in [0.1, 0.15) is 5.82 Å². The summed E-state index contributed by atoms with van der Waals surface area (Å²) in [5.74, 6) is 1.08. The lowest BCUT2D eigenvalue weighted by Gasteiger charge is -2.38. The maximum Gasteiger partial charge on any atom is 0.123 e. The molecule has 0 amide bonds. The first kappa shape index (κ1) is 13.7. The van der Waals surface area contributed by atoms with E-state index in [9.17, 15) is 8.60 Å². The molecule has 1 fully saturated rings. The Labute approximate surface area is 110 Å². The van der Waals surface area contributed by atoms with Crippen LogP contribution in [0.5, 0.6) is 0 Å². The summed E-state index contributed by atoms with van der Waals surface area (Å²) in [6.07, 6.45) is 3.92. The van der Waals surface area contributed by atoms with Crippen LogP contribution in [-0.2, 0) is 10.8 Å². The van der Waals surface area contributed by atoms with Crippen LogP contribution in [0, 0.1) is 5.82 Å². The molecule has 2 atom stereocenters. The van der Waals surface area contributed by atoms with Crippen LogP contribution in [0.25, 0.3) is 0 Å². The normalized spacial score (nSPS) is 26.4. The Kier molecular flexibility index (Phi) is 4.51. The predicted molar refractivity (Wildman–Crippen MR) is 73.7 cm³/mol. The molecular weight excluding hydrogens is 249 g/mol. The Morgan fingerprint density at radius 1 is 1.39 bits per heavy atom. The first-order chi connectivity index (χ1) is 8.54. The molecule has 0 heterocycles. The summed E-state index contributed by atoms with van der Waals surface area (Å²) in [6.45, 7) is 2.08. The highest BCUT2D eigenvalue weighted by Gasteiger charge is 2.30. The van der Waals surface area contributed by atoms with E-state index in [-0.39, 0.29) is 5.82 Å². The van der Waals surface area contributed by atoms with E-state index in [2.05, 4.69) is 12.2 Å². The minimum absolute atomic E-state index is 0.174. The van der Waals surface area contributed by atoms with Crippen LogP contribution in [0.4, 0.5) is 4.39 Å². The van der Waals surface area contributed by atoms with Crippen LogP contribution in [0.2, 0.25) is 0 Å². The van der Waals surface area contributed by atoms with Gasteiger partial charge in [-0.15, -0.1) is 0 Å². The third-order valence-corrected chi connectivity index (χ3v) is 4.45. The Morgan fingerprint density at radius 2 is 2.00 bits per heavy atom. The number of nitrogens with one attached hydrogen (secondary N) is 1. The predicted octanol–water partition coefficient (Wildman–Crippen LogP) is 2.43. The fourth-order valence-corrected chi connectivity index (χ4v) is 3.36. The fourth-order valence-electron chi connectivity index (χ4n) is 2.56. The van der Waals surface area contributed by atoms with Gasteiger partial charge in [-0.2, -0.15) is 0 Å². The Balaban J connectivity index is 1.77. The lowest BCUT2D eigenvalue weighted by atomic mass is 9.75. The van der Waals surface area contributed by atoms with E-state index in [0.717, 1.165) is 12.8 Å². The number of benzene rings is 1. The minimum Gasteiger partial charge on any atom is -0.311 e. The van der Waals surface area contributed by atoms with Crippen molar-refractivity contribution in [1.82, 2.24) is 5.32 Å². The fraction of sp³-hybridized carbons (Fsp3) is 0.571. The SMILES string of the molecule is CC(CS(C)=O)NC1CC(c2ccc(F)cc2)C1. The maximum atomic E-state index is 12.8. The second-order valence-electron chi connectivity index (χ2n) is 5.22. The first-order valence-electron chi connectivity index (χ1n) is 6.36. The van der Waals surface area contributed by atoms with E-state index >= 15 is 0 Å². The molecule has 100 valence electrons. The van der Waals surface area contributed by atoms with Crippen molar-refractivity contribution in [2.24, 2.45) is 0 Å². The summed E-state index contributed by atoms with van der Waals surface area (Å²) < 4.78 is 23.9. The van der Waals surface area contributed by atoms with Crippen molar-refractivity contribution in [3.05, 3.63) is 35.6 Å². The van der Waals surface area contributed by atoms with Gasteiger partial charge in [0, 0.05) is 34.9 Å². The monoisotopic (exact) mass is 269 g/mol. The van der Waals surface area contributed by atoms with Crippen molar-refractivity contribution in [3.8, 4) is 0 Å². The van der Waals surface area contributed by atoms with Gasteiger partial charge in [-0.05, 0) is 43.4 Å². The molecule has 1 aliphatic carbocycles. The van der Waals surface area contributed by atoms with Crippen LogP contribution < -0.4 is 5.32 Å². The standard InChI is InChI=1S/C14H20FNOS/c1-10(9-18(2)17)16-14-7-12(8-14)11-3-5-13(15)6-4-11/h3-6,10,12,14,16H,7-9H2,1-2H3. The summed E-state index contributed by atoms with van der Waals surface area (Å²) in [6, 6.07) is 7.62. The zero-order chi connectivity index (χ0) is 13.1. The highest BCUT2D eigenvalue weighted by Crippen LogP contribution is 2.37. The van der Waals surface area contributed by atoms with Crippen molar-refractivity contribution in [1.29, 1.82) is 0 Å². The number of rotatable bonds is 5. The molecule has 2 nitrogen and oxygen atoms in total. The second kappa shape index (κ2) is 5.93. The molecule has 0 radical (unpaired) electrons. The largest absolute Gasteiger partial charge is 0.311 e. The van der Waals surface area contributed by atoms with Crippen molar-refractivity contribution in [2.75, 3.05) is 12.0 Å². The summed E-state index contributed by atoms with van der Waals surface area (Å²) in [4.78, 5) is 0. The number of hydrogen-bond acceptors (Lipinski definition) is 2. The Bertz CT molecular complexity index is 414. The molecule has 1 aromatic rings. The molecular formula is C14H20FNOS. The third kappa shape index (κ3) is 3.62. The van der Waals surface area contributed by atoms with Crippen LogP contribution >= 0.6 is 0 Å². The van der Waals surface area contributed by atoms with Gasteiger partial charge in [-0.3, -0.25) is 4.21 Å². The summed E-state index contributed by atoms with van der Waals surface area (Å²) in [5, 5.41) is 3.49. The van der Waals surface area contributed by atoms with Gasteiger partial charge in [0.2, 0.25) is 0 Å². The molecule has 1 aromatic carbocycles. The van der Waals surface area contributed by atoms with E-state index in [4.69, 9.17) is 0 Å². The molecule has 2 rings (SSSR count). The molecule has 0 spiro atoms. The van der Waals surface area contributed by atoms with E-state index in [1.807, 2.05) is 12.1 Å². The number of hydrogen-bond donors (Lipinski definition) is 1. The van der Waals surface area contributed by atoms with Gasteiger partial charge in [0.05, 0.1) is 0 Å². The van der Waals surface area contributed by atoms with Gasteiger partial charge in [-0.1, -0.05) is 12.1 Å². The minimum atomic E-state index is -0.742. The quantitative estimate of drug-likeness (QED) is 0.889. The molecule has 0 aliphatic heterocycles. The van der Waals surface area contributed by atoms with Crippen LogP contribution in [-0.4, -0.2) is 28.3 Å². The third-order valence-electron chi connectivity index (χ3n) is 3.48. The van der Waals surface area contributed by atoms with Gasteiger partial charge in [0.15, 0.2) is 0 Å². The molecule has 18 heavy (non-hydrogen) atoms. The molecule has 1 saturated carbocycles. The lowest BCUT2D eigenvalue weighted by Crippen LogP contribution is -2.46. The maximum absolute atomic E-state index is 12.8. The van der Waals surface area contributed by atoms with Crippen LogP contribution in [0.3, 0.4) is 0 Å². The average molecular weight is 269 g/mol. The summed E-state index contributed by atoms with van der Waals surface area (Å²) in [5.41, 5.74) is 1.22. The second-order valence-corrected chi connectivity index (χ2v) is 6.70. The number of halogens is 1. The molecule has 0 bridgehead atoms. The van der Waals surface area contributed by atoms with E-state index in [1.165, 1.54) is 17.7 Å². The zero-order valence-electron chi connectivity index (χ0n) is 10.9. The smallest absolute Gasteiger partial charge is 0.123 e. The molecule has 0 aromatic heterocycles. The summed E-state index contributed by atoms with van der Waals surface area (Å²) in [7, 11) is -0.742. The van der Waals surface area contributed by atoms with Gasteiger partial charge in [-0.25, -0.2) is 4.39 Å². The Hall–Kier alpha value is -0.740. The highest BCUT2D eigenvalue weighted by molar-refractivity contribution is 7.84. The molecule has 1 aliphatic rings. The van der Waals surface area contributed by atoms with Gasteiger partial charge in [0.25, 0.3) is 0 Å². The average Bonchev–Trinajstić information content (AvgIpc) is 2.23. The molecule has 4 heteroatoms. The van der Waals surface area contributed by atoms with Crippen LogP contribution in [0.15, 0.2) is 24.3 Å². The Morgan fingerprint density at radius 3 is 2.56 bits per heavy atom. The van der Waals surface area contributed by atoms with E-state index < -0.39 is 10.8 Å². The highest BCUT2D eigenvalue weighted by atomic mass is 32.2. The first-order valence-corrected chi connectivity index (χ1v) is 8.09.